The third kappa shape index (κ3) is 2.09. The average Bonchev–Trinajstić information content (AvgIpc) is 2.61. The number of hydrogen-bond donors (Lipinski definition) is 1. The molecular formula is C16H17N. The summed E-state index contributed by atoms with van der Waals surface area (Å²) in [4.78, 5) is 3.39. The molecule has 1 heteroatoms. The van der Waals surface area contributed by atoms with Gasteiger partial charge in [0.25, 0.3) is 0 Å². The Kier molecular flexibility index (Phi) is 3.01. The summed E-state index contributed by atoms with van der Waals surface area (Å²) in [6.07, 6.45) is 5.67. The van der Waals surface area contributed by atoms with Crippen LogP contribution in [0.1, 0.15) is 16.8 Å². The minimum Gasteiger partial charge on any atom is -0.358 e. The van der Waals surface area contributed by atoms with E-state index in [2.05, 4.69) is 50.2 Å². The van der Waals surface area contributed by atoms with Crippen molar-refractivity contribution in [2.45, 2.75) is 13.8 Å². The fraction of sp³-hybridized carbons (Fsp3) is 0.125. The molecule has 86 valence electrons. The molecule has 0 unspecified atom stereocenters. The van der Waals surface area contributed by atoms with Gasteiger partial charge in [-0.05, 0) is 31.6 Å². The zero-order valence-corrected chi connectivity index (χ0v) is 10.4. The first-order valence-corrected chi connectivity index (χ1v) is 5.71. The lowest BCUT2D eigenvalue weighted by Crippen LogP contribution is -1.81. The predicted molar refractivity (Wildman–Crippen MR) is 76.1 cm³/mol. The summed E-state index contributed by atoms with van der Waals surface area (Å²) in [6, 6.07) is 6.43. The van der Waals surface area contributed by atoms with E-state index in [1.54, 1.807) is 6.08 Å². The predicted octanol–water partition coefficient (Wildman–Crippen LogP) is 4.54. The Balaban J connectivity index is 2.63. The van der Waals surface area contributed by atoms with Crippen LogP contribution in [-0.4, -0.2) is 4.98 Å². The van der Waals surface area contributed by atoms with Gasteiger partial charge in [-0.1, -0.05) is 43.0 Å². The molecule has 0 radical (unpaired) electrons. The number of benzene rings is 1. The van der Waals surface area contributed by atoms with E-state index in [9.17, 15) is 0 Å². The fourth-order valence-electron chi connectivity index (χ4n) is 2.12. The second-order valence-electron chi connectivity index (χ2n) is 4.29. The first kappa shape index (κ1) is 11.5. The Labute approximate surface area is 102 Å². The van der Waals surface area contributed by atoms with Crippen LogP contribution >= 0.6 is 0 Å². The molecule has 2 aromatic rings. The van der Waals surface area contributed by atoms with Crippen molar-refractivity contribution in [1.82, 2.24) is 4.98 Å². The summed E-state index contributed by atoms with van der Waals surface area (Å²) >= 11 is 0. The largest absolute Gasteiger partial charge is 0.358 e. The number of aromatic amines is 1. The van der Waals surface area contributed by atoms with Gasteiger partial charge in [-0.25, -0.2) is 0 Å². The van der Waals surface area contributed by atoms with Crippen molar-refractivity contribution in [2.75, 3.05) is 0 Å². The van der Waals surface area contributed by atoms with Crippen molar-refractivity contribution in [1.29, 1.82) is 0 Å². The number of aromatic nitrogens is 1. The van der Waals surface area contributed by atoms with Crippen LogP contribution in [0.15, 0.2) is 49.6 Å². The fourth-order valence-corrected chi connectivity index (χ4v) is 2.12. The maximum absolute atomic E-state index is 4.12. The first-order chi connectivity index (χ1) is 8.13. The highest BCUT2D eigenvalue weighted by molar-refractivity contribution is 5.96. The molecule has 0 saturated carbocycles. The summed E-state index contributed by atoms with van der Waals surface area (Å²) in [5.41, 5.74) is 5.79. The highest BCUT2D eigenvalue weighted by atomic mass is 14.7. The highest BCUT2D eigenvalue weighted by Gasteiger charge is 2.09. The van der Waals surface area contributed by atoms with Crippen molar-refractivity contribution in [3.63, 3.8) is 0 Å². The number of aryl methyl sites for hydroxylation is 2. The van der Waals surface area contributed by atoms with Crippen LogP contribution in [0.2, 0.25) is 0 Å². The highest BCUT2D eigenvalue weighted by Crippen LogP contribution is 2.29. The molecule has 1 N–H and O–H groups in total. The van der Waals surface area contributed by atoms with E-state index in [0.717, 1.165) is 16.8 Å². The molecule has 0 aliphatic carbocycles. The molecule has 0 amide bonds. The molecule has 1 nitrogen and oxygen atoms in total. The molecule has 1 aromatic heterocycles. The zero-order valence-electron chi connectivity index (χ0n) is 10.4. The molecule has 0 aliphatic rings. The van der Waals surface area contributed by atoms with Gasteiger partial charge in [0.1, 0.15) is 0 Å². The van der Waals surface area contributed by atoms with Crippen molar-refractivity contribution in [3.8, 4) is 0 Å². The lowest BCUT2D eigenvalue weighted by atomic mass is 10.0. The summed E-state index contributed by atoms with van der Waals surface area (Å²) in [7, 11) is 0. The first-order valence-electron chi connectivity index (χ1n) is 5.71. The Bertz CT molecular complexity index is 612. The van der Waals surface area contributed by atoms with Crippen LogP contribution in [-0.2, 0) is 0 Å². The normalized spacial score (nSPS) is 11.2. The van der Waals surface area contributed by atoms with Crippen LogP contribution < -0.4 is 0 Å². The van der Waals surface area contributed by atoms with E-state index < -0.39 is 0 Å². The number of fused-ring (bicyclic) bond motifs is 1. The third-order valence-corrected chi connectivity index (χ3v) is 2.90. The molecule has 2 rings (SSSR count). The Morgan fingerprint density at radius 1 is 1.29 bits per heavy atom. The van der Waals surface area contributed by atoms with E-state index in [4.69, 9.17) is 0 Å². The van der Waals surface area contributed by atoms with E-state index in [-0.39, 0.29) is 0 Å². The molecule has 0 saturated heterocycles. The van der Waals surface area contributed by atoms with Gasteiger partial charge in [-0.3, -0.25) is 0 Å². The second-order valence-corrected chi connectivity index (χ2v) is 4.29. The van der Waals surface area contributed by atoms with Gasteiger partial charge in [0.15, 0.2) is 0 Å². The molecule has 17 heavy (non-hydrogen) atoms. The van der Waals surface area contributed by atoms with E-state index in [0.29, 0.717) is 0 Å². The standard InChI is InChI=1S/C16H17N/c1-5-6-7-12(3)16-13(4)17-15-9-8-11(2)10-14(15)16/h5-10,17H,1,3H2,2,4H3/b7-6-. The van der Waals surface area contributed by atoms with Crippen LogP contribution in [0.3, 0.4) is 0 Å². The topological polar surface area (TPSA) is 15.8 Å². The van der Waals surface area contributed by atoms with Gasteiger partial charge in [0.2, 0.25) is 0 Å². The Hall–Kier alpha value is -2.02. The molecule has 0 aliphatic heterocycles. The monoisotopic (exact) mass is 223 g/mol. The number of H-pyrrole nitrogens is 1. The van der Waals surface area contributed by atoms with Gasteiger partial charge in [0.05, 0.1) is 0 Å². The molecule has 0 spiro atoms. The molecule has 0 bridgehead atoms. The minimum absolute atomic E-state index is 1.01. The number of hydrogen-bond acceptors (Lipinski definition) is 0. The molecular weight excluding hydrogens is 206 g/mol. The number of allylic oxidation sites excluding steroid dienone is 4. The Morgan fingerprint density at radius 3 is 2.76 bits per heavy atom. The van der Waals surface area contributed by atoms with Crippen molar-refractivity contribution in [2.24, 2.45) is 0 Å². The van der Waals surface area contributed by atoms with Gasteiger partial charge < -0.3 is 4.98 Å². The van der Waals surface area contributed by atoms with Gasteiger partial charge in [-0.15, -0.1) is 0 Å². The SMILES string of the molecule is C=C/C=C\C(=C)c1c(C)[nH]c2ccc(C)cc12. The van der Waals surface area contributed by atoms with Crippen molar-refractivity contribution >= 4 is 16.5 Å². The lowest BCUT2D eigenvalue weighted by molar-refractivity contribution is 1.29. The quantitative estimate of drug-likeness (QED) is 0.735. The van der Waals surface area contributed by atoms with Crippen LogP contribution in [0, 0.1) is 13.8 Å². The average molecular weight is 223 g/mol. The van der Waals surface area contributed by atoms with Crippen molar-refractivity contribution in [3.05, 3.63) is 66.4 Å². The third-order valence-electron chi connectivity index (χ3n) is 2.90. The van der Waals surface area contributed by atoms with Gasteiger partial charge >= 0.3 is 0 Å². The number of nitrogens with one attached hydrogen (secondary N) is 1. The van der Waals surface area contributed by atoms with Crippen LogP contribution in [0.5, 0.6) is 0 Å². The smallest absolute Gasteiger partial charge is 0.0462 e. The molecule has 1 heterocycles. The maximum atomic E-state index is 4.12. The molecule has 1 aromatic carbocycles. The van der Waals surface area contributed by atoms with E-state index in [1.165, 1.54) is 16.5 Å². The Morgan fingerprint density at radius 2 is 2.06 bits per heavy atom. The second kappa shape index (κ2) is 4.46. The summed E-state index contributed by atoms with van der Waals surface area (Å²) in [5, 5.41) is 1.24. The van der Waals surface area contributed by atoms with Gasteiger partial charge in [-0.2, -0.15) is 0 Å². The molecule has 0 atom stereocenters. The maximum Gasteiger partial charge on any atom is 0.0462 e. The zero-order chi connectivity index (χ0) is 12.4. The summed E-state index contributed by atoms with van der Waals surface area (Å²) in [5.74, 6) is 0. The molecule has 0 fully saturated rings. The summed E-state index contributed by atoms with van der Waals surface area (Å²) < 4.78 is 0. The van der Waals surface area contributed by atoms with Crippen LogP contribution in [0.4, 0.5) is 0 Å². The lowest BCUT2D eigenvalue weighted by Gasteiger charge is -2.01. The number of rotatable bonds is 3. The van der Waals surface area contributed by atoms with E-state index in [1.807, 2.05) is 12.2 Å². The minimum atomic E-state index is 1.01. The van der Waals surface area contributed by atoms with Crippen molar-refractivity contribution < 1.29 is 0 Å². The van der Waals surface area contributed by atoms with Crippen LogP contribution in [0.25, 0.3) is 16.5 Å². The van der Waals surface area contributed by atoms with Gasteiger partial charge in [0, 0.05) is 22.2 Å². The summed E-state index contributed by atoms with van der Waals surface area (Å²) in [6.45, 7) is 12.0. The van der Waals surface area contributed by atoms with E-state index >= 15 is 0 Å².